The molecule has 2 amide bonds. The highest BCUT2D eigenvalue weighted by Gasteiger charge is 2.21. The number of anilines is 1. The molecule has 3 N–H and O–H groups in total. The molecule has 1 aromatic carbocycles. The van der Waals surface area contributed by atoms with Crippen LogP contribution < -0.4 is 16.0 Å². The molecule has 24 heavy (non-hydrogen) atoms. The summed E-state index contributed by atoms with van der Waals surface area (Å²) in [5.41, 5.74) is 0.727. The number of hydrogen-bond acceptors (Lipinski definition) is 3. The topological polar surface area (TPSA) is 70.2 Å². The van der Waals surface area contributed by atoms with Gasteiger partial charge in [0, 0.05) is 23.7 Å². The number of benzene rings is 1. The van der Waals surface area contributed by atoms with Gasteiger partial charge in [-0.15, -0.1) is 0 Å². The van der Waals surface area contributed by atoms with E-state index in [4.69, 9.17) is 11.6 Å². The first-order chi connectivity index (χ1) is 11.3. The third-order valence-corrected chi connectivity index (χ3v) is 4.74. The van der Waals surface area contributed by atoms with Gasteiger partial charge in [-0.2, -0.15) is 0 Å². The molecule has 0 bridgehead atoms. The minimum Gasteiger partial charge on any atom is -0.347 e. The van der Waals surface area contributed by atoms with E-state index in [2.05, 4.69) is 16.0 Å². The molecule has 1 atom stereocenters. The maximum Gasteiger partial charge on any atom is 0.253 e. The molecule has 1 heterocycles. The number of rotatable bonds is 6. The molecule has 0 saturated carbocycles. The lowest BCUT2D eigenvalue weighted by Gasteiger charge is -2.24. The van der Waals surface area contributed by atoms with Crippen molar-refractivity contribution in [3.63, 3.8) is 0 Å². The lowest BCUT2D eigenvalue weighted by molar-refractivity contribution is -0.116. The standard InChI is InChI=1S/C18H26ClN3O2/c1-4-18(2,3)22-17(24)14-8-7-13(10-15(14)19)21-16(23)11-12-6-5-9-20-12/h7-8,10,12,20H,4-6,9,11H2,1-3H3,(H,21,23)(H,22,24). The van der Waals surface area contributed by atoms with Gasteiger partial charge in [0.1, 0.15) is 0 Å². The van der Waals surface area contributed by atoms with Gasteiger partial charge in [-0.05, 0) is 57.9 Å². The van der Waals surface area contributed by atoms with Crippen molar-refractivity contribution in [3.05, 3.63) is 28.8 Å². The molecular formula is C18H26ClN3O2. The van der Waals surface area contributed by atoms with E-state index in [1.807, 2.05) is 20.8 Å². The van der Waals surface area contributed by atoms with Crippen molar-refractivity contribution < 1.29 is 9.59 Å². The largest absolute Gasteiger partial charge is 0.347 e. The van der Waals surface area contributed by atoms with Crippen LogP contribution in [-0.4, -0.2) is 29.9 Å². The Bertz CT molecular complexity index is 610. The molecule has 1 unspecified atom stereocenters. The Kier molecular flexibility index (Phi) is 6.24. The summed E-state index contributed by atoms with van der Waals surface area (Å²) in [6, 6.07) is 5.23. The number of halogens is 1. The van der Waals surface area contributed by atoms with E-state index in [-0.39, 0.29) is 23.4 Å². The molecule has 132 valence electrons. The summed E-state index contributed by atoms with van der Waals surface area (Å²) in [7, 11) is 0. The smallest absolute Gasteiger partial charge is 0.253 e. The Balaban J connectivity index is 1.98. The Morgan fingerprint density at radius 3 is 2.71 bits per heavy atom. The lowest BCUT2D eigenvalue weighted by Crippen LogP contribution is -2.42. The van der Waals surface area contributed by atoms with Gasteiger partial charge in [-0.3, -0.25) is 9.59 Å². The predicted molar refractivity (Wildman–Crippen MR) is 97.6 cm³/mol. The van der Waals surface area contributed by atoms with Gasteiger partial charge in [0.05, 0.1) is 10.6 Å². The first-order valence-electron chi connectivity index (χ1n) is 8.46. The Hall–Kier alpha value is -1.59. The predicted octanol–water partition coefficient (Wildman–Crippen LogP) is 3.34. The van der Waals surface area contributed by atoms with Crippen LogP contribution in [0.5, 0.6) is 0 Å². The second-order valence-electron chi connectivity index (χ2n) is 6.93. The molecule has 1 fully saturated rings. The van der Waals surface area contributed by atoms with Crippen LogP contribution in [0.2, 0.25) is 5.02 Å². The van der Waals surface area contributed by atoms with Crippen molar-refractivity contribution in [2.45, 2.75) is 58.0 Å². The van der Waals surface area contributed by atoms with Crippen LogP contribution >= 0.6 is 11.6 Å². The Labute approximate surface area is 148 Å². The summed E-state index contributed by atoms with van der Waals surface area (Å²) in [6.45, 7) is 6.91. The van der Waals surface area contributed by atoms with Crippen LogP contribution in [0.25, 0.3) is 0 Å². The maximum atomic E-state index is 12.3. The van der Waals surface area contributed by atoms with Gasteiger partial charge in [0.15, 0.2) is 0 Å². The third-order valence-electron chi connectivity index (χ3n) is 4.43. The molecule has 1 aromatic rings. The Morgan fingerprint density at radius 2 is 2.12 bits per heavy atom. The van der Waals surface area contributed by atoms with Crippen LogP contribution in [0.3, 0.4) is 0 Å². The van der Waals surface area contributed by atoms with Crippen LogP contribution in [0.4, 0.5) is 5.69 Å². The normalized spacial score (nSPS) is 17.6. The lowest BCUT2D eigenvalue weighted by atomic mass is 10.0. The van der Waals surface area contributed by atoms with Gasteiger partial charge in [0.2, 0.25) is 5.91 Å². The summed E-state index contributed by atoms with van der Waals surface area (Å²) < 4.78 is 0. The summed E-state index contributed by atoms with van der Waals surface area (Å²) in [4.78, 5) is 24.4. The second-order valence-corrected chi connectivity index (χ2v) is 7.34. The molecule has 2 rings (SSSR count). The van der Waals surface area contributed by atoms with E-state index < -0.39 is 0 Å². The highest BCUT2D eigenvalue weighted by Crippen LogP contribution is 2.22. The first kappa shape index (κ1) is 18.7. The van der Waals surface area contributed by atoms with Crippen LogP contribution in [0, 0.1) is 0 Å². The average Bonchev–Trinajstić information content (AvgIpc) is 2.99. The molecule has 0 radical (unpaired) electrons. The van der Waals surface area contributed by atoms with Crippen molar-refractivity contribution in [2.24, 2.45) is 0 Å². The van der Waals surface area contributed by atoms with Gasteiger partial charge < -0.3 is 16.0 Å². The van der Waals surface area contributed by atoms with Gasteiger partial charge in [-0.25, -0.2) is 0 Å². The van der Waals surface area contributed by atoms with E-state index >= 15 is 0 Å². The number of carbonyl (C=O) groups is 2. The summed E-state index contributed by atoms with van der Waals surface area (Å²) in [5, 5.41) is 9.42. The summed E-state index contributed by atoms with van der Waals surface area (Å²) in [5.74, 6) is -0.255. The quantitative estimate of drug-likeness (QED) is 0.736. The minimum atomic E-state index is -0.290. The van der Waals surface area contributed by atoms with Crippen LogP contribution in [0.15, 0.2) is 18.2 Å². The van der Waals surface area contributed by atoms with Gasteiger partial charge in [0.25, 0.3) is 5.91 Å². The van der Waals surface area contributed by atoms with E-state index in [0.29, 0.717) is 22.7 Å². The third kappa shape index (κ3) is 5.21. The molecular weight excluding hydrogens is 326 g/mol. The number of amides is 2. The average molecular weight is 352 g/mol. The highest BCUT2D eigenvalue weighted by atomic mass is 35.5. The van der Waals surface area contributed by atoms with Crippen molar-refractivity contribution in [2.75, 3.05) is 11.9 Å². The molecule has 6 heteroatoms. The highest BCUT2D eigenvalue weighted by molar-refractivity contribution is 6.34. The van der Waals surface area contributed by atoms with Crippen molar-refractivity contribution in [1.29, 1.82) is 0 Å². The number of carbonyl (C=O) groups excluding carboxylic acids is 2. The van der Waals surface area contributed by atoms with E-state index in [9.17, 15) is 9.59 Å². The zero-order valence-electron chi connectivity index (χ0n) is 14.5. The van der Waals surface area contributed by atoms with Crippen LogP contribution in [0.1, 0.15) is 56.8 Å². The zero-order chi connectivity index (χ0) is 17.7. The van der Waals surface area contributed by atoms with E-state index in [1.165, 1.54) is 0 Å². The van der Waals surface area contributed by atoms with Crippen LogP contribution in [-0.2, 0) is 4.79 Å². The SMILES string of the molecule is CCC(C)(C)NC(=O)c1ccc(NC(=O)CC2CCCN2)cc1Cl. The number of hydrogen-bond donors (Lipinski definition) is 3. The van der Waals surface area contributed by atoms with E-state index in [1.54, 1.807) is 18.2 Å². The van der Waals surface area contributed by atoms with Crippen molar-refractivity contribution in [1.82, 2.24) is 10.6 Å². The van der Waals surface area contributed by atoms with Gasteiger partial charge >= 0.3 is 0 Å². The zero-order valence-corrected chi connectivity index (χ0v) is 15.3. The van der Waals surface area contributed by atoms with E-state index in [0.717, 1.165) is 25.8 Å². The molecule has 1 saturated heterocycles. The minimum absolute atomic E-state index is 0.0465. The fourth-order valence-electron chi connectivity index (χ4n) is 2.61. The molecule has 1 aliphatic heterocycles. The molecule has 0 aliphatic carbocycles. The monoisotopic (exact) mass is 351 g/mol. The molecule has 0 aromatic heterocycles. The summed E-state index contributed by atoms with van der Waals surface area (Å²) in [6.07, 6.45) is 3.41. The van der Waals surface area contributed by atoms with Crippen molar-refractivity contribution in [3.8, 4) is 0 Å². The van der Waals surface area contributed by atoms with Gasteiger partial charge in [-0.1, -0.05) is 18.5 Å². The fourth-order valence-corrected chi connectivity index (χ4v) is 2.87. The second kappa shape index (κ2) is 7.99. The maximum absolute atomic E-state index is 12.3. The number of nitrogens with one attached hydrogen (secondary N) is 3. The Morgan fingerprint density at radius 1 is 1.38 bits per heavy atom. The molecule has 1 aliphatic rings. The fraction of sp³-hybridized carbons (Fsp3) is 0.556. The summed E-state index contributed by atoms with van der Waals surface area (Å²) >= 11 is 6.23. The first-order valence-corrected chi connectivity index (χ1v) is 8.84. The molecule has 5 nitrogen and oxygen atoms in total. The molecule has 0 spiro atoms. The van der Waals surface area contributed by atoms with Crippen molar-refractivity contribution >= 4 is 29.1 Å².